The molecule has 0 radical (unpaired) electrons. The summed E-state index contributed by atoms with van der Waals surface area (Å²) in [4.78, 5) is 50.4. The van der Waals surface area contributed by atoms with Crippen LogP contribution in [0.4, 0.5) is 33.7 Å². The van der Waals surface area contributed by atoms with Crippen molar-refractivity contribution in [1.29, 1.82) is 0 Å². The quantitative estimate of drug-likeness (QED) is 0.450. The van der Waals surface area contributed by atoms with Gasteiger partial charge in [0.15, 0.2) is 17.4 Å². The molecule has 0 saturated carbocycles. The van der Waals surface area contributed by atoms with E-state index < -0.39 is 54.0 Å². The second kappa shape index (κ2) is 10.1. The van der Waals surface area contributed by atoms with Crippen LogP contribution in [0.2, 0.25) is 0 Å². The van der Waals surface area contributed by atoms with E-state index in [-0.39, 0.29) is 67.0 Å². The van der Waals surface area contributed by atoms with Crippen LogP contribution < -0.4 is 15.4 Å². The minimum Gasteiger partial charge on any atom is -0.478 e. The third-order valence-corrected chi connectivity index (χ3v) is 6.90. The Kier molecular flexibility index (Phi) is 6.78. The fraction of sp³-hybridized carbons (Fsp3) is 0.360. The summed E-state index contributed by atoms with van der Waals surface area (Å²) in [6.07, 6.45) is -5.61. The molecule has 2 aliphatic heterocycles. The number of para-hydroxylation sites is 1. The van der Waals surface area contributed by atoms with Crippen LogP contribution >= 0.6 is 0 Å². The summed E-state index contributed by atoms with van der Waals surface area (Å²) in [5.74, 6) is -4.46. The lowest BCUT2D eigenvalue weighted by Crippen LogP contribution is -2.30. The van der Waals surface area contributed by atoms with Gasteiger partial charge in [-0.05, 0) is 18.6 Å². The summed E-state index contributed by atoms with van der Waals surface area (Å²) in [6, 6.07) is 6.28. The largest absolute Gasteiger partial charge is 0.478 e. The van der Waals surface area contributed by atoms with Crippen LogP contribution in [0.1, 0.15) is 23.2 Å². The molecule has 1 atom stereocenters. The number of Topliss-reactive ketones (excluding diaryl/α,β-unsaturated/α-hetero) is 1. The van der Waals surface area contributed by atoms with Crippen LogP contribution in [0.5, 0.6) is 0 Å². The lowest BCUT2D eigenvalue weighted by molar-refractivity contribution is -0.129. The van der Waals surface area contributed by atoms with Gasteiger partial charge in [-0.25, -0.2) is 31.8 Å². The van der Waals surface area contributed by atoms with Gasteiger partial charge in [0.05, 0.1) is 41.8 Å². The van der Waals surface area contributed by atoms with E-state index in [4.69, 9.17) is 4.74 Å². The zero-order valence-corrected chi connectivity index (χ0v) is 20.3. The first-order chi connectivity index (χ1) is 18.6. The highest BCUT2D eigenvalue weighted by Gasteiger charge is 2.34. The number of nitrogens with zero attached hydrogens (tertiary/aromatic N) is 4. The van der Waals surface area contributed by atoms with Crippen LogP contribution in [0, 0.1) is 11.6 Å². The Morgan fingerprint density at radius 3 is 2.33 bits per heavy atom. The normalized spacial score (nSPS) is 17.5. The van der Waals surface area contributed by atoms with E-state index in [0.717, 1.165) is 17.0 Å². The molecule has 1 saturated heterocycles. The van der Waals surface area contributed by atoms with Gasteiger partial charge in [-0.3, -0.25) is 19.2 Å². The Labute approximate surface area is 217 Å². The summed E-state index contributed by atoms with van der Waals surface area (Å²) >= 11 is 0. The SMILES string of the molecule is O=C(O)c1cccc2c(=O)n3n(c12)CCN(c1c(F)cc(N2C[C@H](CCC(=O)C(F)F)OC2=O)cc1F)CC3. The lowest BCUT2D eigenvalue weighted by Gasteiger charge is -2.24. The molecule has 1 N–H and O–H groups in total. The molecular weight excluding hydrogens is 528 g/mol. The fourth-order valence-electron chi connectivity index (χ4n) is 5.06. The van der Waals surface area contributed by atoms with Gasteiger partial charge in [0, 0.05) is 31.6 Å². The van der Waals surface area contributed by atoms with Gasteiger partial charge < -0.3 is 14.7 Å². The Balaban J connectivity index is 1.36. The second-order valence-corrected chi connectivity index (χ2v) is 9.23. The second-order valence-electron chi connectivity index (χ2n) is 9.23. The molecule has 0 spiro atoms. The third kappa shape index (κ3) is 4.70. The maximum Gasteiger partial charge on any atom is 0.414 e. The van der Waals surface area contributed by atoms with Gasteiger partial charge in [-0.15, -0.1) is 0 Å². The van der Waals surface area contributed by atoms with Crippen molar-refractivity contribution < 1.29 is 41.8 Å². The van der Waals surface area contributed by atoms with E-state index in [1.807, 2.05) is 0 Å². The van der Waals surface area contributed by atoms with Gasteiger partial charge in [0.2, 0.25) is 0 Å². The Bertz CT molecular complexity index is 1530. The number of carboxylic acids is 1. The van der Waals surface area contributed by atoms with Gasteiger partial charge in [0.1, 0.15) is 11.8 Å². The zero-order valence-electron chi connectivity index (χ0n) is 20.3. The summed E-state index contributed by atoms with van der Waals surface area (Å²) < 4.78 is 63.3. The van der Waals surface area contributed by atoms with Crippen molar-refractivity contribution in [2.45, 2.75) is 38.5 Å². The first-order valence-corrected chi connectivity index (χ1v) is 12.1. The molecule has 0 unspecified atom stereocenters. The molecule has 3 aromatic rings. The van der Waals surface area contributed by atoms with Crippen molar-refractivity contribution in [3.05, 3.63) is 57.9 Å². The summed E-state index contributed by atoms with van der Waals surface area (Å²) in [5.41, 5.74) is -0.773. The fourth-order valence-corrected chi connectivity index (χ4v) is 5.06. The Morgan fingerprint density at radius 2 is 1.69 bits per heavy atom. The maximum absolute atomic E-state index is 15.3. The van der Waals surface area contributed by atoms with Crippen molar-refractivity contribution in [2.75, 3.05) is 29.4 Å². The van der Waals surface area contributed by atoms with E-state index in [1.54, 1.807) is 0 Å². The van der Waals surface area contributed by atoms with E-state index in [2.05, 4.69) is 0 Å². The van der Waals surface area contributed by atoms with Crippen molar-refractivity contribution in [1.82, 2.24) is 9.36 Å². The van der Waals surface area contributed by atoms with Gasteiger partial charge >= 0.3 is 12.1 Å². The highest BCUT2D eigenvalue weighted by Crippen LogP contribution is 2.32. The van der Waals surface area contributed by atoms with Crippen LogP contribution in [-0.4, -0.2) is 64.5 Å². The smallest absolute Gasteiger partial charge is 0.414 e. The number of amides is 1. The number of alkyl halides is 2. The molecule has 206 valence electrons. The monoisotopic (exact) mass is 550 g/mol. The van der Waals surface area contributed by atoms with Crippen molar-refractivity contribution >= 4 is 40.1 Å². The summed E-state index contributed by atoms with van der Waals surface area (Å²) in [6.45, 7) is 0.0224. The number of halogens is 4. The highest BCUT2D eigenvalue weighted by atomic mass is 19.3. The number of cyclic esters (lactones) is 1. The minimum atomic E-state index is -3.13. The molecule has 1 aromatic heterocycles. The minimum absolute atomic E-state index is 0.0324. The van der Waals surface area contributed by atoms with E-state index in [9.17, 15) is 33.1 Å². The molecule has 0 aliphatic carbocycles. The van der Waals surface area contributed by atoms with E-state index >= 15 is 8.78 Å². The van der Waals surface area contributed by atoms with Crippen molar-refractivity contribution in [3.63, 3.8) is 0 Å². The Morgan fingerprint density at radius 1 is 1.03 bits per heavy atom. The number of hydrogen-bond donors (Lipinski definition) is 1. The number of aromatic nitrogens is 2. The van der Waals surface area contributed by atoms with Crippen molar-refractivity contribution in [3.8, 4) is 0 Å². The number of hydrogen-bond acceptors (Lipinski definition) is 6. The average molecular weight is 550 g/mol. The number of fused-ring (bicyclic) bond motifs is 3. The van der Waals surface area contributed by atoms with Crippen LogP contribution in [0.25, 0.3) is 10.9 Å². The van der Waals surface area contributed by atoms with Gasteiger partial charge in [-0.1, -0.05) is 6.07 Å². The first kappa shape index (κ1) is 26.3. The molecular formula is C25H22F4N4O6. The summed E-state index contributed by atoms with van der Waals surface area (Å²) in [7, 11) is 0. The maximum atomic E-state index is 15.3. The number of carbonyl (C=O) groups is 3. The van der Waals surface area contributed by atoms with Crippen LogP contribution in [0.15, 0.2) is 35.1 Å². The molecule has 39 heavy (non-hydrogen) atoms. The highest BCUT2D eigenvalue weighted by molar-refractivity contribution is 6.02. The van der Waals surface area contributed by atoms with Gasteiger partial charge in [-0.2, -0.15) is 0 Å². The number of carboxylic acid groups (broad SMARTS) is 1. The van der Waals surface area contributed by atoms with Crippen LogP contribution in [0.3, 0.4) is 0 Å². The van der Waals surface area contributed by atoms with Crippen molar-refractivity contribution in [2.24, 2.45) is 0 Å². The molecule has 1 fully saturated rings. The molecule has 1 amide bonds. The summed E-state index contributed by atoms with van der Waals surface area (Å²) in [5, 5.41) is 9.81. The predicted molar refractivity (Wildman–Crippen MR) is 130 cm³/mol. The number of rotatable bonds is 7. The molecule has 5 rings (SSSR count). The number of anilines is 2. The number of ether oxygens (including phenoxy) is 1. The standard InChI is InChI=1S/C25H22F4N4O6/c26-17-10-13(31-12-14(39-25(31)38)4-5-19(34)22(28)29)11-18(27)21(17)30-6-8-32-20-15(23(35)33(32)9-7-30)2-1-3-16(20)24(36)37/h1-3,10-11,14,22H,4-9,12H2,(H,36,37)/t14-/m0/s1. The molecule has 0 bridgehead atoms. The van der Waals surface area contributed by atoms with E-state index in [1.165, 1.54) is 32.5 Å². The molecule has 2 aromatic carbocycles. The number of benzene rings is 2. The Hall–Kier alpha value is -4.36. The molecule has 14 heteroatoms. The van der Waals surface area contributed by atoms with Gasteiger partial charge in [0.25, 0.3) is 12.0 Å². The molecule has 3 heterocycles. The third-order valence-electron chi connectivity index (χ3n) is 6.90. The lowest BCUT2D eigenvalue weighted by atomic mass is 10.1. The average Bonchev–Trinajstić information content (AvgIpc) is 3.29. The molecule has 10 nitrogen and oxygen atoms in total. The number of carbonyl (C=O) groups excluding carboxylic acids is 2. The van der Waals surface area contributed by atoms with E-state index in [0.29, 0.717) is 0 Å². The zero-order chi connectivity index (χ0) is 28.0. The number of aromatic carboxylic acids is 1. The predicted octanol–water partition coefficient (Wildman–Crippen LogP) is 3.24. The van der Waals surface area contributed by atoms with Crippen LogP contribution in [-0.2, 0) is 22.6 Å². The number of ketones is 1. The topological polar surface area (TPSA) is 114 Å². The molecule has 2 aliphatic rings. The first-order valence-electron chi connectivity index (χ1n) is 12.1.